The number of sulfonamides is 2. The average Bonchev–Trinajstić information content (AvgIpc) is 2.75. The molecule has 0 aliphatic carbocycles. The second-order valence-corrected chi connectivity index (χ2v) is 9.78. The lowest BCUT2D eigenvalue weighted by Gasteiger charge is -2.07. The zero-order valence-corrected chi connectivity index (χ0v) is 18.2. The van der Waals surface area contributed by atoms with Crippen LogP contribution in [0.1, 0.15) is 11.1 Å². The smallest absolute Gasteiger partial charge is 0.410 e. The van der Waals surface area contributed by atoms with Crippen molar-refractivity contribution in [2.45, 2.75) is 16.3 Å². The number of hydrogen-bond acceptors (Lipinski definition) is 7. The molecule has 0 unspecified atom stereocenters. The van der Waals surface area contributed by atoms with Crippen LogP contribution < -0.4 is 14.6 Å². The van der Waals surface area contributed by atoms with Crippen molar-refractivity contribution in [2.75, 3.05) is 0 Å². The van der Waals surface area contributed by atoms with E-state index in [4.69, 9.17) is 9.88 Å². The summed E-state index contributed by atoms with van der Waals surface area (Å²) in [5.74, 6) is 0.154. The van der Waals surface area contributed by atoms with Crippen molar-refractivity contribution in [3.05, 3.63) is 90.0 Å². The molecule has 11 heteroatoms. The van der Waals surface area contributed by atoms with E-state index in [0.29, 0.717) is 6.54 Å². The molecular weight excluding hydrogens is 454 g/mol. The Bertz CT molecular complexity index is 1320. The van der Waals surface area contributed by atoms with Crippen LogP contribution >= 0.6 is 0 Å². The number of nitrogens with two attached hydrogens (primary N) is 1. The maximum Gasteiger partial charge on any atom is 0.426 e. The molecule has 0 aromatic heterocycles. The first-order valence-corrected chi connectivity index (χ1v) is 12.2. The van der Waals surface area contributed by atoms with Crippen LogP contribution in [0, 0.1) is 0 Å². The van der Waals surface area contributed by atoms with E-state index < -0.39 is 26.1 Å². The van der Waals surface area contributed by atoms with E-state index in [2.05, 4.69) is 4.99 Å². The monoisotopic (exact) mass is 473 g/mol. The maximum absolute atomic E-state index is 12.1. The average molecular weight is 474 g/mol. The van der Waals surface area contributed by atoms with E-state index in [9.17, 15) is 21.6 Å². The van der Waals surface area contributed by atoms with Crippen LogP contribution in [0.4, 0.5) is 4.79 Å². The van der Waals surface area contributed by atoms with Crippen LogP contribution in [-0.4, -0.2) is 29.1 Å². The van der Waals surface area contributed by atoms with Crippen LogP contribution in [0.2, 0.25) is 0 Å². The number of carbonyl (C=O) groups excluding carboxylic acids is 1. The van der Waals surface area contributed by atoms with Gasteiger partial charge in [-0.3, -0.25) is 4.99 Å². The highest BCUT2D eigenvalue weighted by molar-refractivity contribution is 7.90. The van der Waals surface area contributed by atoms with Gasteiger partial charge in [0.25, 0.3) is 10.0 Å². The molecule has 9 nitrogen and oxygen atoms in total. The zero-order chi connectivity index (χ0) is 23.2. The number of ether oxygens (including phenoxy) is 1. The summed E-state index contributed by atoms with van der Waals surface area (Å²) in [5, 5.41) is 5.06. The number of nitrogens with one attached hydrogen (secondary N) is 1. The van der Waals surface area contributed by atoms with Gasteiger partial charge in [-0.2, -0.15) is 0 Å². The molecule has 0 atom stereocenters. The molecular formula is C21H19N3O6S2. The van der Waals surface area contributed by atoms with Crippen molar-refractivity contribution in [3.63, 3.8) is 0 Å². The quantitative estimate of drug-likeness (QED) is 0.504. The Morgan fingerprint density at radius 1 is 0.875 bits per heavy atom. The van der Waals surface area contributed by atoms with Crippen LogP contribution in [0.15, 0.2) is 93.6 Å². The summed E-state index contributed by atoms with van der Waals surface area (Å²) < 4.78 is 53.6. The van der Waals surface area contributed by atoms with E-state index in [1.54, 1.807) is 48.7 Å². The molecule has 3 rings (SSSR count). The summed E-state index contributed by atoms with van der Waals surface area (Å²) in [6, 6.07) is 19.8. The molecule has 3 aromatic carbocycles. The van der Waals surface area contributed by atoms with Gasteiger partial charge in [-0.05, 0) is 59.7 Å². The predicted molar refractivity (Wildman–Crippen MR) is 118 cm³/mol. The summed E-state index contributed by atoms with van der Waals surface area (Å²) >= 11 is 0. The van der Waals surface area contributed by atoms with Gasteiger partial charge in [-0.25, -0.2) is 31.5 Å². The Kier molecular flexibility index (Phi) is 7.03. The second-order valence-electron chi connectivity index (χ2n) is 6.54. The molecule has 0 spiro atoms. The van der Waals surface area contributed by atoms with Crippen molar-refractivity contribution in [1.82, 2.24) is 4.72 Å². The lowest BCUT2D eigenvalue weighted by Crippen LogP contribution is -2.32. The Morgan fingerprint density at radius 2 is 1.50 bits per heavy atom. The molecule has 0 fully saturated rings. The number of amides is 1. The lowest BCUT2D eigenvalue weighted by molar-refractivity contribution is 0.207. The highest BCUT2D eigenvalue weighted by Crippen LogP contribution is 2.14. The van der Waals surface area contributed by atoms with Gasteiger partial charge < -0.3 is 4.74 Å². The Hall–Kier alpha value is -3.54. The number of hydrogen-bond donors (Lipinski definition) is 2. The predicted octanol–water partition coefficient (Wildman–Crippen LogP) is 2.43. The van der Waals surface area contributed by atoms with Crippen molar-refractivity contribution >= 4 is 32.4 Å². The molecule has 1 amide bonds. The molecule has 0 radical (unpaired) electrons. The third-order valence-corrected chi connectivity index (χ3v) is 6.39. The van der Waals surface area contributed by atoms with Crippen LogP contribution in [0.25, 0.3) is 0 Å². The van der Waals surface area contributed by atoms with Crippen molar-refractivity contribution in [1.29, 1.82) is 0 Å². The maximum atomic E-state index is 12.1. The Labute approximate surface area is 185 Å². The summed E-state index contributed by atoms with van der Waals surface area (Å²) in [6.45, 7) is 0.322. The summed E-state index contributed by atoms with van der Waals surface area (Å²) in [5.41, 5.74) is 1.51. The van der Waals surface area contributed by atoms with E-state index in [0.717, 1.165) is 11.1 Å². The lowest BCUT2D eigenvalue weighted by atomic mass is 10.2. The number of rotatable bonds is 7. The minimum Gasteiger partial charge on any atom is -0.410 e. The van der Waals surface area contributed by atoms with Gasteiger partial charge in [0.1, 0.15) is 5.75 Å². The van der Waals surface area contributed by atoms with Gasteiger partial charge in [-0.1, -0.05) is 30.3 Å². The molecule has 0 saturated carbocycles. The Morgan fingerprint density at radius 3 is 2.09 bits per heavy atom. The van der Waals surface area contributed by atoms with Crippen molar-refractivity contribution in [2.24, 2.45) is 10.1 Å². The SMILES string of the molecule is NS(=O)(=O)c1ccc(CN=Cc2ccc(OC(=O)NS(=O)(=O)c3ccccc3)cc2)cc1. The largest absolute Gasteiger partial charge is 0.426 e. The molecule has 3 N–H and O–H groups in total. The molecule has 0 saturated heterocycles. The molecule has 0 aliphatic heterocycles. The Balaban J connectivity index is 1.55. The molecule has 3 aromatic rings. The number of nitrogens with zero attached hydrogens (tertiary/aromatic N) is 1. The fourth-order valence-electron chi connectivity index (χ4n) is 2.56. The van der Waals surface area contributed by atoms with Gasteiger partial charge in [0, 0.05) is 6.21 Å². The van der Waals surface area contributed by atoms with Crippen molar-refractivity contribution < 1.29 is 26.4 Å². The minimum atomic E-state index is -4.02. The van der Waals surface area contributed by atoms with Gasteiger partial charge >= 0.3 is 6.09 Å². The zero-order valence-electron chi connectivity index (χ0n) is 16.6. The van der Waals surface area contributed by atoms with Crippen molar-refractivity contribution in [3.8, 4) is 5.75 Å². The summed E-state index contributed by atoms with van der Waals surface area (Å²) in [7, 11) is -7.76. The van der Waals surface area contributed by atoms with Gasteiger partial charge in [0.05, 0.1) is 16.3 Å². The number of primary sulfonamides is 1. The summed E-state index contributed by atoms with van der Waals surface area (Å²) in [6.07, 6.45) is 0.468. The molecule has 0 heterocycles. The number of benzene rings is 3. The third-order valence-electron chi connectivity index (χ3n) is 4.13. The van der Waals surface area contributed by atoms with E-state index in [-0.39, 0.29) is 15.5 Å². The fraction of sp³-hybridized carbons (Fsp3) is 0.0476. The normalized spacial score (nSPS) is 11.9. The van der Waals surface area contributed by atoms with Crippen LogP contribution in [0.5, 0.6) is 5.75 Å². The molecule has 0 bridgehead atoms. The number of carbonyl (C=O) groups is 1. The fourth-order valence-corrected chi connectivity index (χ4v) is 3.97. The highest BCUT2D eigenvalue weighted by atomic mass is 32.2. The van der Waals surface area contributed by atoms with Gasteiger partial charge in [-0.15, -0.1) is 0 Å². The van der Waals surface area contributed by atoms with Gasteiger partial charge in [0.15, 0.2) is 0 Å². The topological polar surface area (TPSA) is 145 Å². The van der Waals surface area contributed by atoms with E-state index in [1.165, 1.54) is 36.4 Å². The van der Waals surface area contributed by atoms with Crippen LogP contribution in [-0.2, 0) is 26.6 Å². The van der Waals surface area contributed by atoms with Gasteiger partial charge in [0.2, 0.25) is 10.0 Å². The minimum absolute atomic E-state index is 0.0291. The van der Waals surface area contributed by atoms with E-state index in [1.807, 2.05) is 4.72 Å². The first-order valence-electron chi connectivity index (χ1n) is 9.15. The third kappa shape index (κ3) is 6.48. The molecule has 32 heavy (non-hydrogen) atoms. The standard InChI is InChI=1S/C21H19N3O6S2/c22-31(26,27)19-12-8-17(9-13-19)15-23-14-16-6-10-18(11-7-16)30-21(25)24-32(28,29)20-4-2-1-3-5-20/h1-14H,15H2,(H,24,25)(H2,22,26,27). The first kappa shape index (κ1) is 23.1. The molecule has 166 valence electrons. The second kappa shape index (κ2) is 9.73. The first-order chi connectivity index (χ1) is 15.1. The summed E-state index contributed by atoms with van der Waals surface area (Å²) in [4.78, 5) is 16.2. The number of aliphatic imine (C=N–C) groups is 1. The van der Waals surface area contributed by atoms with E-state index >= 15 is 0 Å². The molecule has 0 aliphatic rings. The van der Waals surface area contributed by atoms with Crippen LogP contribution in [0.3, 0.4) is 0 Å². The highest BCUT2D eigenvalue weighted by Gasteiger charge is 2.18.